The molecule has 4 nitrogen and oxygen atoms in total. The van der Waals surface area contributed by atoms with Crippen LogP contribution in [0.25, 0.3) is 10.6 Å². The van der Waals surface area contributed by atoms with E-state index in [4.69, 9.17) is 11.6 Å². The second-order valence-electron chi connectivity index (χ2n) is 4.47. The average molecular weight is 324 g/mol. The summed E-state index contributed by atoms with van der Waals surface area (Å²) in [6.07, 6.45) is 2.73. The van der Waals surface area contributed by atoms with Crippen LogP contribution in [-0.2, 0) is 14.3 Å². The van der Waals surface area contributed by atoms with Crippen LogP contribution in [0.2, 0.25) is 5.02 Å². The summed E-state index contributed by atoms with van der Waals surface area (Å²) in [4.78, 5) is 27.0. The number of esters is 1. The summed E-state index contributed by atoms with van der Waals surface area (Å²) in [5.74, 6) is -0.505. The number of carbonyl (C=O) groups is 2. The smallest absolute Gasteiger partial charge is 0.313 e. The van der Waals surface area contributed by atoms with Gasteiger partial charge in [-0.15, -0.1) is 11.3 Å². The lowest BCUT2D eigenvalue weighted by atomic mass is 10.0. The molecule has 0 fully saturated rings. The number of ether oxygens (including phenoxy) is 1. The normalized spacial score (nSPS) is 11.9. The van der Waals surface area contributed by atoms with E-state index < -0.39 is 5.97 Å². The van der Waals surface area contributed by atoms with Crippen LogP contribution in [0.4, 0.5) is 0 Å². The van der Waals surface area contributed by atoms with Crippen molar-refractivity contribution >= 4 is 35.4 Å². The minimum atomic E-state index is -0.515. The first kappa shape index (κ1) is 15.7. The van der Waals surface area contributed by atoms with Crippen molar-refractivity contribution in [3.05, 3.63) is 40.4 Å². The van der Waals surface area contributed by atoms with Gasteiger partial charge in [0.25, 0.3) is 0 Å². The van der Waals surface area contributed by atoms with E-state index in [0.717, 1.165) is 21.9 Å². The number of carbonyl (C=O) groups excluding carboxylic acids is 2. The third-order valence-electron chi connectivity index (χ3n) is 3.10. The summed E-state index contributed by atoms with van der Waals surface area (Å²) in [6, 6.07) is 7.45. The number of benzene rings is 1. The highest BCUT2D eigenvalue weighted by molar-refractivity contribution is 7.15. The lowest BCUT2D eigenvalue weighted by molar-refractivity contribution is -0.151. The van der Waals surface area contributed by atoms with E-state index in [1.807, 2.05) is 31.2 Å². The quantitative estimate of drug-likeness (QED) is 0.457. The Labute approximate surface area is 131 Å². The molecule has 0 radical (unpaired) electrons. The SMILES string of the molecule is CCC(CC(=O)OC=O)c1cnc(-c2ccc(Cl)cc2)s1. The highest BCUT2D eigenvalue weighted by Gasteiger charge is 2.18. The molecule has 0 spiro atoms. The lowest BCUT2D eigenvalue weighted by Crippen LogP contribution is -2.08. The Hall–Kier alpha value is -1.72. The van der Waals surface area contributed by atoms with Crippen LogP contribution >= 0.6 is 22.9 Å². The van der Waals surface area contributed by atoms with Crippen LogP contribution in [0.3, 0.4) is 0 Å². The standard InChI is InChI=1S/C15H14ClNO3S/c1-2-10(7-14(19)20-9-18)13-8-17-15(21-13)11-3-5-12(16)6-4-11/h3-6,8-10H,2,7H2,1H3. The van der Waals surface area contributed by atoms with E-state index in [-0.39, 0.29) is 18.8 Å². The minimum Gasteiger partial charge on any atom is -0.395 e. The Morgan fingerprint density at radius 1 is 1.43 bits per heavy atom. The molecular weight excluding hydrogens is 310 g/mol. The van der Waals surface area contributed by atoms with Gasteiger partial charge >= 0.3 is 12.4 Å². The first-order chi connectivity index (χ1) is 10.1. The Kier molecular flexibility index (Phi) is 5.47. The molecule has 1 aromatic carbocycles. The molecule has 0 N–H and O–H groups in total. The molecule has 1 heterocycles. The zero-order chi connectivity index (χ0) is 15.2. The van der Waals surface area contributed by atoms with Crippen LogP contribution in [-0.4, -0.2) is 17.4 Å². The lowest BCUT2D eigenvalue weighted by Gasteiger charge is -2.09. The average Bonchev–Trinajstić information content (AvgIpc) is 2.95. The molecule has 0 saturated heterocycles. The van der Waals surface area contributed by atoms with E-state index in [0.29, 0.717) is 5.02 Å². The Bertz CT molecular complexity index is 624. The largest absolute Gasteiger partial charge is 0.395 e. The fraction of sp³-hybridized carbons (Fsp3) is 0.267. The first-order valence-corrected chi connectivity index (χ1v) is 7.68. The molecule has 0 bridgehead atoms. The fourth-order valence-corrected chi connectivity index (χ4v) is 3.18. The summed E-state index contributed by atoms with van der Waals surface area (Å²) in [7, 11) is 0. The molecule has 1 unspecified atom stereocenters. The fourth-order valence-electron chi connectivity index (χ4n) is 1.95. The second-order valence-corrected chi connectivity index (χ2v) is 5.97. The second kappa shape index (κ2) is 7.33. The van der Waals surface area contributed by atoms with Gasteiger partial charge in [-0.25, -0.2) is 4.98 Å². The summed E-state index contributed by atoms with van der Waals surface area (Å²) < 4.78 is 4.35. The van der Waals surface area contributed by atoms with Gasteiger partial charge in [0.1, 0.15) is 5.01 Å². The highest BCUT2D eigenvalue weighted by Crippen LogP contribution is 2.33. The molecule has 0 saturated carbocycles. The molecule has 110 valence electrons. The van der Waals surface area contributed by atoms with Gasteiger partial charge in [-0.2, -0.15) is 0 Å². The molecule has 0 aliphatic rings. The van der Waals surface area contributed by atoms with E-state index in [1.54, 1.807) is 6.20 Å². The van der Waals surface area contributed by atoms with Crippen molar-refractivity contribution in [3.8, 4) is 10.6 Å². The van der Waals surface area contributed by atoms with Crippen molar-refractivity contribution in [3.63, 3.8) is 0 Å². The predicted octanol–water partition coefficient (Wildman–Crippen LogP) is 4.05. The van der Waals surface area contributed by atoms with Gasteiger partial charge in [-0.1, -0.05) is 30.7 Å². The zero-order valence-electron chi connectivity index (χ0n) is 11.4. The van der Waals surface area contributed by atoms with E-state index >= 15 is 0 Å². The third-order valence-corrected chi connectivity index (χ3v) is 4.56. The van der Waals surface area contributed by atoms with E-state index in [9.17, 15) is 9.59 Å². The number of hydrogen-bond donors (Lipinski definition) is 0. The van der Waals surface area contributed by atoms with Crippen LogP contribution in [0.15, 0.2) is 30.5 Å². The molecule has 0 aliphatic heterocycles. The molecule has 1 atom stereocenters. The first-order valence-electron chi connectivity index (χ1n) is 6.48. The maximum atomic E-state index is 11.4. The van der Waals surface area contributed by atoms with Gasteiger partial charge in [-0.05, 0) is 18.6 Å². The molecule has 0 aliphatic carbocycles. The van der Waals surface area contributed by atoms with Crippen molar-refractivity contribution in [2.24, 2.45) is 0 Å². The van der Waals surface area contributed by atoms with Gasteiger partial charge in [0.15, 0.2) is 0 Å². The number of rotatable bonds is 6. The maximum Gasteiger partial charge on any atom is 0.313 e. The minimum absolute atomic E-state index is 0.0102. The molecule has 21 heavy (non-hydrogen) atoms. The molecule has 1 aromatic heterocycles. The zero-order valence-corrected chi connectivity index (χ0v) is 13.0. The monoisotopic (exact) mass is 323 g/mol. The Morgan fingerprint density at radius 3 is 2.76 bits per heavy atom. The van der Waals surface area contributed by atoms with Gasteiger partial charge in [-0.3, -0.25) is 9.59 Å². The molecule has 2 aromatic rings. The molecule has 6 heteroatoms. The Morgan fingerprint density at radius 2 is 2.14 bits per heavy atom. The van der Waals surface area contributed by atoms with Crippen molar-refractivity contribution in [2.45, 2.75) is 25.7 Å². The van der Waals surface area contributed by atoms with Crippen LogP contribution in [0.1, 0.15) is 30.6 Å². The molecular formula is C15H14ClNO3S. The molecule has 2 rings (SSSR count). The number of nitrogens with zero attached hydrogens (tertiary/aromatic N) is 1. The maximum absolute atomic E-state index is 11.4. The van der Waals surface area contributed by atoms with Gasteiger partial charge < -0.3 is 4.74 Å². The summed E-state index contributed by atoms with van der Waals surface area (Å²) in [5, 5.41) is 1.56. The van der Waals surface area contributed by atoms with E-state index in [1.165, 1.54) is 11.3 Å². The number of thiazole rings is 1. The number of hydrogen-bond acceptors (Lipinski definition) is 5. The number of halogens is 1. The summed E-state index contributed by atoms with van der Waals surface area (Å²) in [6.45, 7) is 2.15. The van der Waals surface area contributed by atoms with Gasteiger partial charge in [0, 0.05) is 27.6 Å². The van der Waals surface area contributed by atoms with Crippen molar-refractivity contribution in [2.75, 3.05) is 0 Å². The molecule has 0 amide bonds. The Balaban J connectivity index is 2.15. The highest BCUT2D eigenvalue weighted by atomic mass is 35.5. The predicted molar refractivity (Wildman–Crippen MR) is 82.4 cm³/mol. The van der Waals surface area contributed by atoms with Gasteiger partial charge in [0.2, 0.25) is 0 Å². The van der Waals surface area contributed by atoms with Crippen molar-refractivity contribution in [1.29, 1.82) is 0 Å². The third kappa shape index (κ3) is 4.12. The van der Waals surface area contributed by atoms with Crippen molar-refractivity contribution < 1.29 is 14.3 Å². The summed E-state index contributed by atoms with van der Waals surface area (Å²) >= 11 is 7.40. The van der Waals surface area contributed by atoms with Crippen molar-refractivity contribution in [1.82, 2.24) is 4.98 Å². The van der Waals surface area contributed by atoms with Crippen LogP contribution in [0.5, 0.6) is 0 Å². The van der Waals surface area contributed by atoms with Crippen LogP contribution in [0, 0.1) is 0 Å². The summed E-state index contributed by atoms with van der Waals surface area (Å²) in [5.41, 5.74) is 0.987. The topological polar surface area (TPSA) is 56.3 Å². The number of aromatic nitrogens is 1. The van der Waals surface area contributed by atoms with E-state index in [2.05, 4.69) is 9.72 Å². The van der Waals surface area contributed by atoms with Crippen LogP contribution < -0.4 is 0 Å². The van der Waals surface area contributed by atoms with Gasteiger partial charge in [0.05, 0.1) is 6.42 Å².